The van der Waals surface area contributed by atoms with Gasteiger partial charge in [0.25, 0.3) is 0 Å². The van der Waals surface area contributed by atoms with E-state index in [9.17, 15) is 8.42 Å². The molecule has 0 spiro atoms. The average Bonchev–Trinajstić information content (AvgIpc) is 2.52. The second-order valence-corrected chi connectivity index (χ2v) is 7.69. The second-order valence-electron chi connectivity index (χ2n) is 5.35. The van der Waals surface area contributed by atoms with Crippen molar-refractivity contribution in [3.63, 3.8) is 0 Å². The molecule has 0 amide bonds. The molecule has 0 bridgehead atoms. The molecule has 5 nitrogen and oxygen atoms in total. The fraction of sp³-hybridized carbons (Fsp3) is 0.312. The maximum atomic E-state index is 12.5. The van der Waals surface area contributed by atoms with Gasteiger partial charge in [-0.15, -0.1) is 0 Å². The van der Waals surface area contributed by atoms with Crippen molar-refractivity contribution < 1.29 is 13.2 Å². The van der Waals surface area contributed by atoms with E-state index in [2.05, 4.69) is 4.98 Å². The van der Waals surface area contributed by atoms with Gasteiger partial charge in [-0.1, -0.05) is 30.7 Å². The molecule has 0 saturated carbocycles. The van der Waals surface area contributed by atoms with E-state index < -0.39 is 10.0 Å². The first kappa shape index (κ1) is 16.2. The molecule has 2 aromatic rings. The third-order valence-corrected chi connectivity index (χ3v) is 5.92. The molecule has 23 heavy (non-hydrogen) atoms. The number of hydrogen-bond acceptors (Lipinski definition) is 4. The number of nitrogens with zero attached hydrogens (tertiary/aromatic N) is 2. The van der Waals surface area contributed by atoms with Crippen molar-refractivity contribution >= 4 is 21.6 Å². The Bertz CT molecular complexity index is 787. The molecular formula is C16H17ClN2O3S. The highest BCUT2D eigenvalue weighted by Crippen LogP contribution is 2.27. The van der Waals surface area contributed by atoms with Crippen molar-refractivity contribution in [1.82, 2.24) is 9.29 Å². The Labute approximate surface area is 140 Å². The lowest BCUT2D eigenvalue weighted by Crippen LogP contribution is -2.56. The Balaban J connectivity index is 1.64. The van der Waals surface area contributed by atoms with Crippen LogP contribution in [0.15, 0.2) is 47.5 Å². The van der Waals surface area contributed by atoms with E-state index in [4.69, 9.17) is 16.3 Å². The summed E-state index contributed by atoms with van der Waals surface area (Å²) in [5.41, 5.74) is 1.11. The number of ether oxygens (including phenoxy) is 1. The maximum Gasteiger partial charge on any atom is 0.243 e. The standard InChI is InChI=1S/C16H17ClN2O3S/c1-2-12-5-7-14(8-6-12)23(20,21)19-10-13(11-19)22-16-15(17)4-3-9-18-16/h3-9,13H,2,10-11H2,1H3. The van der Waals surface area contributed by atoms with Gasteiger partial charge in [0, 0.05) is 6.20 Å². The van der Waals surface area contributed by atoms with Gasteiger partial charge in [0.2, 0.25) is 15.9 Å². The lowest BCUT2D eigenvalue weighted by Gasteiger charge is -2.37. The molecule has 3 rings (SSSR count). The Morgan fingerprint density at radius 1 is 1.26 bits per heavy atom. The first-order valence-corrected chi connectivity index (χ1v) is 9.18. The van der Waals surface area contributed by atoms with E-state index in [1.165, 1.54) is 4.31 Å². The van der Waals surface area contributed by atoms with Gasteiger partial charge >= 0.3 is 0 Å². The van der Waals surface area contributed by atoms with Crippen molar-refractivity contribution in [2.24, 2.45) is 0 Å². The van der Waals surface area contributed by atoms with Crippen LogP contribution >= 0.6 is 11.6 Å². The van der Waals surface area contributed by atoms with Crippen LogP contribution in [0.5, 0.6) is 5.88 Å². The van der Waals surface area contributed by atoms with E-state index in [1.807, 2.05) is 19.1 Å². The van der Waals surface area contributed by atoms with Gasteiger partial charge in [-0.25, -0.2) is 13.4 Å². The van der Waals surface area contributed by atoms with E-state index in [-0.39, 0.29) is 6.10 Å². The predicted molar refractivity (Wildman–Crippen MR) is 88.2 cm³/mol. The number of pyridine rings is 1. The summed E-state index contributed by atoms with van der Waals surface area (Å²) in [5.74, 6) is 0.337. The second kappa shape index (κ2) is 6.47. The van der Waals surface area contributed by atoms with Crippen LogP contribution in [0.25, 0.3) is 0 Å². The van der Waals surface area contributed by atoms with Crippen LogP contribution in [0.4, 0.5) is 0 Å². The number of rotatable bonds is 5. The van der Waals surface area contributed by atoms with Crippen LogP contribution < -0.4 is 4.74 Å². The molecule has 1 fully saturated rings. The lowest BCUT2D eigenvalue weighted by molar-refractivity contribution is 0.0722. The topological polar surface area (TPSA) is 59.5 Å². The highest BCUT2D eigenvalue weighted by atomic mass is 35.5. The Kier molecular flexibility index (Phi) is 4.57. The highest BCUT2D eigenvalue weighted by Gasteiger charge is 2.38. The minimum absolute atomic E-state index is 0.230. The molecule has 1 aliphatic rings. The smallest absolute Gasteiger partial charge is 0.243 e. The molecule has 7 heteroatoms. The summed E-state index contributed by atoms with van der Waals surface area (Å²) in [7, 11) is -3.46. The summed E-state index contributed by atoms with van der Waals surface area (Å²) in [6, 6.07) is 10.4. The van der Waals surface area contributed by atoms with Gasteiger partial charge in [0.05, 0.1) is 18.0 Å². The largest absolute Gasteiger partial charge is 0.470 e. The fourth-order valence-corrected chi connectivity index (χ4v) is 4.00. The van der Waals surface area contributed by atoms with Crippen molar-refractivity contribution in [1.29, 1.82) is 0 Å². The normalized spacial score (nSPS) is 16.1. The van der Waals surface area contributed by atoms with Crippen LogP contribution in [0.1, 0.15) is 12.5 Å². The van der Waals surface area contributed by atoms with E-state index in [1.54, 1.807) is 30.5 Å². The number of sulfonamides is 1. The van der Waals surface area contributed by atoms with Crippen LogP contribution in [-0.2, 0) is 16.4 Å². The minimum atomic E-state index is -3.46. The molecule has 0 radical (unpaired) electrons. The third-order valence-electron chi connectivity index (χ3n) is 3.79. The van der Waals surface area contributed by atoms with Gasteiger partial charge in [0.1, 0.15) is 11.1 Å². The van der Waals surface area contributed by atoms with Gasteiger partial charge in [-0.3, -0.25) is 0 Å². The third kappa shape index (κ3) is 3.34. The lowest BCUT2D eigenvalue weighted by atomic mass is 10.2. The van der Waals surface area contributed by atoms with Crippen LogP contribution in [0.3, 0.4) is 0 Å². The highest BCUT2D eigenvalue weighted by molar-refractivity contribution is 7.89. The molecular weight excluding hydrogens is 336 g/mol. The van der Waals surface area contributed by atoms with Gasteiger partial charge in [-0.2, -0.15) is 4.31 Å². The van der Waals surface area contributed by atoms with Crippen molar-refractivity contribution in [3.8, 4) is 5.88 Å². The van der Waals surface area contributed by atoms with Crippen molar-refractivity contribution in [3.05, 3.63) is 53.2 Å². The molecule has 0 aliphatic carbocycles. The summed E-state index contributed by atoms with van der Waals surface area (Å²) in [4.78, 5) is 4.35. The molecule has 1 aliphatic heterocycles. The Hall–Kier alpha value is -1.63. The molecule has 0 unspecified atom stereocenters. The van der Waals surface area contributed by atoms with Gasteiger partial charge in [0.15, 0.2) is 0 Å². The number of aryl methyl sites for hydroxylation is 1. The Morgan fingerprint density at radius 2 is 1.96 bits per heavy atom. The summed E-state index contributed by atoms with van der Waals surface area (Å²) < 4.78 is 32.0. The molecule has 2 heterocycles. The van der Waals surface area contributed by atoms with E-state index in [0.717, 1.165) is 12.0 Å². The quantitative estimate of drug-likeness (QED) is 0.830. The number of halogens is 1. The minimum Gasteiger partial charge on any atom is -0.470 e. The number of aromatic nitrogens is 1. The van der Waals surface area contributed by atoms with Crippen molar-refractivity contribution in [2.75, 3.05) is 13.1 Å². The maximum absolute atomic E-state index is 12.5. The van der Waals surface area contributed by atoms with Crippen LogP contribution in [0, 0.1) is 0 Å². The molecule has 1 aromatic heterocycles. The van der Waals surface area contributed by atoms with E-state index in [0.29, 0.717) is 28.9 Å². The summed E-state index contributed by atoms with van der Waals surface area (Å²) in [5, 5.41) is 0.420. The first-order valence-electron chi connectivity index (χ1n) is 7.37. The van der Waals surface area contributed by atoms with Gasteiger partial charge < -0.3 is 4.74 Å². The summed E-state index contributed by atoms with van der Waals surface area (Å²) in [6.45, 7) is 2.62. The molecule has 122 valence electrons. The van der Waals surface area contributed by atoms with Gasteiger partial charge in [-0.05, 0) is 36.2 Å². The molecule has 1 aromatic carbocycles. The molecule has 1 saturated heterocycles. The van der Waals surface area contributed by atoms with Crippen LogP contribution in [-0.4, -0.2) is 36.9 Å². The monoisotopic (exact) mass is 352 g/mol. The van der Waals surface area contributed by atoms with E-state index >= 15 is 0 Å². The number of benzene rings is 1. The Morgan fingerprint density at radius 3 is 2.57 bits per heavy atom. The zero-order valence-corrected chi connectivity index (χ0v) is 14.2. The molecule has 0 atom stereocenters. The number of hydrogen-bond donors (Lipinski definition) is 0. The summed E-state index contributed by atoms with van der Waals surface area (Å²) in [6.07, 6.45) is 2.24. The fourth-order valence-electron chi connectivity index (χ4n) is 2.33. The first-order chi connectivity index (χ1) is 11.0. The van der Waals surface area contributed by atoms with Crippen molar-refractivity contribution in [2.45, 2.75) is 24.3 Å². The predicted octanol–water partition coefficient (Wildman–Crippen LogP) is 2.75. The zero-order valence-electron chi connectivity index (χ0n) is 12.6. The SMILES string of the molecule is CCc1ccc(S(=O)(=O)N2CC(Oc3ncccc3Cl)C2)cc1. The average molecular weight is 353 g/mol. The zero-order chi connectivity index (χ0) is 16.4. The van der Waals surface area contributed by atoms with Crippen LogP contribution in [0.2, 0.25) is 5.02 Å². The molecule has 0 N–H and O–H groups in total. The summed E-state index contributed by atoms with van der Waals surface area (Å²) >= 11 is 5.98.